The second kappa shape index (κ2) is 13.2. The molecule has 0 saturated carbocycles. The Bertz CT molecular complexity index is 907. The van der Waals surface area contributed by atoms with E-state index in [1.165, 1.54) is 12.0 Å². The van der Waals surface area contributed by atoms with E-state index in [-0.39, 0.29) is 25.0 Å². The third-order valence-corrected chi connectivity index (χ3v) is 5.58. The van der Waals surface area contributed by atoms with Crippen molar-refractivity contribution in [3.05, 3.63) is 58.1 Å². The van der Waals surface area contributed by atoms with Gasteiger partial charge >= 0.3 is 0 Å². The number of benzene rings is 2. The molecular weight excluding hydrogens is 451 g/mol. The highest BCUT2D eigenvalue weighted by atomic mass is 35.5. The molecule has 0 spiro atoms. The zero-order valence-electron chi connectivity index (χ0n) is 18.7. The molecule has 8 heteroatoms. The Kier molecular flexibility index (Phi) is 10.6. The molecule has 0 heterocycles. The van der Waals surface area contributed by atoms with Gasteiger partial charge in [0.1, 0.15) is 6.04 Å². The number of para-hydroxylation sites is 2. The van der Waals surface area contributed by atoms with Gasteiger partial charge in [-0.15, -0.1) is 0 Å². The van der Waals surface area contributed by atoms with Gasteiger partial charge in [-0.3, -0.25) is 9.59 Å². The topological polar surface area (TPSA) is 67.9 Å². The predicted molar refractivity (Wildman–Crippen MR) is 127 cm³/mol. The Balaban J connectivity index is 2.24. The van der Waals surface area contributed by atoms with E-state index in [2.05, 4.69) is 12.2 Å². The summed E-state index contributed by atoms with van der Waals surface area (Å²) in [4.78, 5) is 27.6. The number of carbonyl (C=O) groups excluding carboxylic acids is 2. The fourth-order valence-electron chi connectivity index (χ4n) is 3.22. The average molecular weight is 481 g/mol. The lowest BCUT2D eigenvalue weighted by Crippen LogP contribution is -2.50. The third kappa shape index (κ3) is 7.31. The number of unbranched alkanes of at least 4 members (excludes halogenated alkanes) is 1. The van der Waals surface area contributed by atoms with E-state index in [1.807, 2.05) is 13.0 Å². The summed E-state index contributed by atoms with van der Waals surface area (Å²) in [5, 5.41) is 3.86. The van der Waals surface area contributed by atoms with Crippen LogP contribution >= 0.6 is 23.2 Å². The minimum Gasteiger partial charge on any atom is -0.493 e. The zero-order chi connectivity index (χ0) is 23.5. The lowest BCUT2D eigenvalue weighted by atomic mass is 10.1. The van der Waals surface area contributed by atoms with E-state index >= 15 is 0 Å². The number of nitrogens with zero attached hydrogens (tertiary/aromatic N) is 1. The Morgan fingerprint density at radius 3 is 2.44 bits per heavy atom. The lowest BCUT2D eigenvalue weighted by molar-refractivity contribution is -0.143. The standard InChI is InChI=1S/C24H30Cl2N2O4/c1-4-6-13-27-24(30)20(5-2)28(15-17-11-12-18(25)14-19(17)26)23(29)16-32-22-10-8-7-9-21(22)31-3/h7-12,14,20H,4-6,13,15-16H2,1-3H3,(H,27,30)/t20-/m0/s1. The van der Waals surface area contributed by atoms with Crippen LogP contribution in [0, 0.1) is 0 Å². The molecule has 0 fully saturated rings. The number of hydrogen-bond acceptors (Lipinski definition) is 4. The largest absolute Gasteiger partial charge is 0.493 e. The summed E-state index contributed by atoms with van der Waals surface area (Å²) in [6.45, 7) is 4.40. The molecule has 0 aliphatic rings. The highest BCUT2D eigenvalue weighted by Crippen LogP contribution is 2.27. The molecule has 0 bridgehead atoms. The molecule has 174 valence electrons. The highest BCUT2D eigenvalue weighted by Gasteiger charge is 2.29. The molecule has 0 radical (unpaired) electrons. The molecule has 0 aliphatic carbocycles. The molecule has 32 heavy (non-hydrogen) atoms. The fraction of sp³-hybridized carbons (Fsp3) is 0.417. The van der Waals surface area contributed by atoms with Crippen LogP contribution < -0.4 is 14.8 Å². The number of nitrogens with one attached hydrogen (secondary N) is 1. The van der Waals surface area contributed by atoms with E-state index in [9.17, 15) is 9.59 Å². The van der Waals surface area contributed by atoms with E-state index in [0.29, 0.717) is 40.1 Å². The first-order chi connectivity index (χ1) is 15.4. The highest BCUT2D eigenvalue weighted by molar-refractivity contribution is 6.35. The Morgan fingerprint density at radius 1 is 1.09 bits per heavy atom. The molecule has 0 saturated heterocycles. The van der Waals surface area contributed by atoms with Crippen LogP contribution in [-0.2, 0) is 16.1 Å². The molecule has 2 aromatic rings. The monoisotopic (exact) mass is 480 g/mol. The zero-order valence-corrected chi connectivity index (χ0v) is 20.2. The summed E-state index contributed by atoms with van der Waals surface area (Å²) in [6.07, 6.45) is 2.28. The molecule has 2 aromatic carbocycles. The smallest absolute Gasteiger partial charge is 0.261 e. The molecule has 1 N–H and O–H groups in total. The van der Waals surface area contributed by atoms with Gasteiger partial charge in [0, 0.05) is 23.1 Å². The second-order valence-corrected chi connectivity index (χ2v) is 8.11. The van der Waals surface area contributed by atoms with Gasteiger partial charge in [-0.2, -0.15) is 0 Å². The summed E-state index contributed by atoms with van der Waals surface area (Å²) in [7, 11) is 1.53. The summed E-state index contributed by atoms with van der Waals surface area (Å²) in [6, 6.07) is 11.5. The number of carbonyl (C=O) groups is 2. The van der Waals surface area contributed by atoms with Crippen LogP contribution in [-0.4, -0.2) is 43.0 Å². The molecule has 2 rings (SSSR count). The van der Waals surface area contributed by atoms with E-state index in [4.69, 9.17) is 32.7 Å². The van der Waals surface area contributed by atoms with Crippen molar-refractivity contribution in [1.82, 2.24) is 10.2 Å². The van der Waals surface area contributed by atoms with Crippen LogP contribution in [0.5, 0.6) is 11.5 Å². The average Bonchev–Trinajstić information content (AvgIpc) is 2.79. The van der Waals surface area contributed by atoms with Crippen molar-refractivity contribution in [1.29, 1.82) is 0 Å². The number of halogens is 2. The van der Waals surface area contributed by atoms with Gasteiger partial charge in [0.15, 0.2) is 18.1 Å². The molecule has 0 unspecified atom stereocenters. The molecule has 2 amide bonds. The third-order valence-electron chi connectivity index (χ3n) is 4.99. The van der Waals surface area contributed by atoms with Gasteiger partial charge in [-0.05, 0) is 42.7 Å². The van der Waals surface area contributed by atoms with Gasteiger partial charge in [-0.1, -0.05) is 61.7 Å². The van der Waals surface area contributed by atoms with Gasteiger partial charge in [0.25, 0.3) is 5.91 Å². The van der Waals surface area contributed by atoms with Crippen LogP contribution in [0.1, 0.15) is 38.7 Å². The molecule has 0 aliphatic heterocycles. The minimum atomic E-state index is -0.660. The van der Waals surface area contributed by atoms with Crippen molar-refractivity contribution in [2.24, 2.45) is 0 Å². The first-order valence-corrected chi connectivity index (χ1v) is 11.4. The lowest BCUT2D eigenvalue weighted by Gasteiger charge is -2.31. The van der Waals surface area contributed by atoms with Crippen LogP contribution in [0.3, 0.4) is 0 Å². The summed E-state index contributed by atoms with van der Waals surface area (Å²) in [5.41, 5.74) is 0.696. The van der Waals surface area contributed by atoms with Crippen molar-refractivity contribution in [3.63, 3.8) is 0 Å². The van der Waals surface area contributed by atoms with E-state index < -0.39 is 6.04 Å². The number of hydrogen-bond donors (Lipinski definition) is 1. The van der Waals surface area contributed by atoms with Gasteiger partial charge in [-0.25, -0.2) is 0 Å². The maximum absolute atomic E-state index is 13.2. The maximum atomic E-state index is 13.2. The summed E-state index contributed by atoms with van der Waals surface area (Å²) in [5.74, 6) is 0.446. The predicted octanol–water partition coefficient (Wildman–Crippen LogP) is 5.10. The Morgan fingerprint density at radius 2 is 1.81 bits per heavy atom. The van der Waals surface area contributed by atoms with Gasteiger partial charge in [0.05, 0.1) is 7.11 Å². The van der Waals surface area contributed by atoms with Crippen molar-refractivity contribution in [2.75, 3.05) is 20.3 Å². The number of amides is 2. The van der Waals surface area contributed by atoms with Crippen molar-refractivity contribution < 1.29 is 19.1 Å². The quantitative estimate of drug-likeness (QED) is 0.428. The van der Waals surface area contributed by atoms with Crippen molar-refractivity contribution >= 4 is 35.0 Å². The van der Waals surface area contributed by atoms with Crippen LogP contribution in [0.15, 0.2) is 42.5 Å². The molecule has 0 aromatic heterocycles. The normalized spacial score (nSPS) is 11.5. The number of rotatable bonds is 12. The molecule has 1 atom stereocenters. The molecule has 6 nitrogen and oxygen atoms in total. The second-order valence-electron chi connectivity index (χ2n) is 7.27. The first kappa shape index (κ1) is 25.8. The van der Waals surface area contributed by atoms with Gasteiger partial charge in [0.2, 0.25) is 5.91 Å². The van der Waals surface area contributed by atoms with E-state index in [1.54, 1.807) is 36.4 Å². The number of ether oxygens (including phenoxy) is 2. The maximum Gasteiger partial charge on any atom is 0.261 e. The Hall–Kier alpha value is -2.44. The van der Waals surface area contributed by atoms with Crippen molar-refractivity contribution in [3.8, 4) is 11.5 Å². The van der Waals surface area contributed by atoms with Crippen LogP contribution in [0.2, 0.25) is 10.0 Å². The minimum absolute atomic E-state index is 0.157. The number of methoxy groups -OCH3 is 1. The van der Waals surface area contributed by atoms with Crippen molar-refractivity contribution in [2.45, 2.75) is 45.7 Å². The first-order valence-electron chi connectivity index (χ1n) is 10.7. The Labute approximate surface area is 199 Å². The summed E-state index contributed by atoms with van der Waals surface area (Å²) >= 11 is 12.4. The summed E-state index contributed by atoms with van der Waals surface area (Å²) < 4.78 is 11.0. The van der Waals surface area contributed by atoms with Gasteiger partial charge < -0.3 is 19.7 Å². The van der Waals surface area contributed by atoms with E-state index in [0.717, 1.165) is 12.8 Å². The van der Waals surface area contributed by atoms with Crippen LogP contribution in [0.25, 0.3) is 0 Å². The molecular formula is C24H30Cl2N2O4. The van der Waals surface area contributed by atoms with Crippen LogP contribution in [0.4, 0.5) is 0 Å². The SMILES string of the molecule is CCCCNC(=O)[C@H](CC)N(Cc1ccc(Cl)cc1Cl)C(=O)COc1ccccc1OC. The fourth-order valence-corrected chi connectivity index (χ4v) is 3.69.